The Morgan fingerprint density at radius 3 is 2.42 bits per heavy atom. The van der Waals surface area contributed by atoms with Crippen molar-refractivity contribution in [2.45, 2.75) is 111 Å². The zero-order valence-electron chi connectivity index (χ0n) is 27.2. The molecule has 0 aromatic rings. The number of aliphatic hydroxyl groups excluding tert-OH is 2. The van der Waals surface area contributed by atoms with E-state index < -0.39 is 17.7 Å². The van der Waals surface area contributed by atoms with Gasteiger partial charge < -0.3 is 29.2 Å². The maximum atomic E-state index is 12.3. The van der Waals surface area contributed by atoms with Crippen molar-refractivity contribution in [3.8, 4) is 0 Å². The van der Waals surface area contributed by atoms with Crippen LogP contribution in [0.4, 0.5) is 0 Å². The highest BCUT2D eigenvalue weighted by molar-refractivity contribution is 6.22. The van der Waals surface area contributed by atoms with E-state index in [4.69, 9.17) is 18.9 Å². The second-order valence-electron chi connectivity index (χ2n) is 13.8. The normalized spacial score (nSPS) is 39.2. The summed E-state index contributed by atoms with van der Waals surface area (Å²) in [5.74, 6) is -0.447. The van der Waals surface area contributed by atoms with Crippen LogP contribution >= 0.6 is 0 Å². The van der Waals surface area contributed by atoms with Crippen LogP contribution in [0.3, 0.4) is 0 Å². The topological polar surface area (TPSA) is 112 Å². The smallest absolute Gasteiger partial charge is 0.345 e. The third kappa shape index (κ3) is 7.63. The zero-order chi connectivity index (χ0) is 31.4. The number of carbonyl (C=O) groups excluding carboxylic acids is 2. The van der Waals surface area contributed by atoms with Crippen molar-refractivity contribution in [1.29, 1.82) is 0 Å². The summed E-state index contributed by atoms with van der Waals surface area (Å²) in [7, 11) is 1.73. The summed E-state index contributed by atoms with van der Waals surface area (Å²) in [5, 5.41) is 21.6. The van der Waals surface area contributed by atoms with Crippen LogP contribution in [0.1, 0.15) is 80.1 Å². The van der Waals surface area contributed by atoms with Crippen LogP contribution in [0.5, 0.6) is 0 Å². The molecule has 0 aromatic carbocycles. The second kappa shape index (κ2) is 14.9. The maximum Gasteiger partial charge on any atom is 0.345 e. The van der Waals surface area contributed by atoms with Gasteiger partial charge in [0.15, 0.2) is 6.61 Å². The molecule has 8 heteroatoms. The largest absolute Gasteiger partial charge is 0.511 e. The van der Waals surface area contributed by atoms with Gasteiger partial charge in [-0.1, -0.05) is 65.7 Å². The van der Waals surface area contributed by atoms with E-state index in [1.807, 2.05) is 6.92 Å². The van der Waals surface area contributed by atoms with Gasteiger partial charge in [0.2, 0.25) is 5.78 Å². The van der Waals surface area contributed by atoms with E-state index in [2.05, 4.69) is 52.8 Å². The van der Waals surface area contributed by atoms with Crippen LogP contribution in [-0.2, 0) is 28.5 Å². The fourth-order valence-electron chi connectivity index (χ4n) is 8.06. The number of cyclic esters (lactones) is 1. The van der Waals surface area contributed by atoms with Gasteiger partial charge in [0.25, 0.3) is 0 Å². The monoisotopic (exact) mass is 602 g/mol. The van der Waals surface area contributed by atoms with Gasteiger partial charge in [-0.2, -0.15) is 0 Å². The van der Waals surface area contributed by atoms with Crippen LogP contribution in [0, 0.1) is 41.4 Å². The van der Waals surface area contributed by atoms with Crippen LogP contribution in [0.25, 0.3) is 0 Å². The molecule has 4 aliphatic rings. The summed E-state index contributed by atoms with van der Waals surface area (Å²) in [5.41, 5.74) is 0.673. The first-order valence-corrected chi connectivity index (χ1v) is 16.4. The predicted octanol–water partition coefficient (Wildman–Crippen LogP) is 5.74. The number of ketones is 1. The van der Waals surface area contributed by atoms with Crippen LogP contribution < -0.4 is 0 Å². The fourth-order valence-corrected chi connectivity index (χ4v) is 8.06. The molecule has 2 N–H and O–H groups in total. The number of carbonyl (C=O) groups is 2. The molecule has 1 aliphatic carbocycles. The van der Waals surface area contributed by atoms with Crippen molar-refractivity contribution >= 4 is 11.8 Å². The van der Waals surface area contributed by atoms with Crippen molar-refractivity contribution in [1.82, 2.24) is 0 Å². The number of methoxy groups -OCH3 is 1. The molecular weight excluding hydrogens is 548 g/mol. The van der Waals surface area contributed by atoms with Crippen LogP contribution in [0.15, 0.2) is 35.1 Å². The number of aliphatic hydroxyl groups is 2. The molecule has 242 valence electrons. The number of hydrogen-bond acceptors (Lipinski definition) is 8. The summed E-state index contributed by atoms with van der Waals surface area (Å²) in [6, 6.07) is 0. The van der Waals surface area contributed by atoms with Crippen molar-refractivity contribution in [2.75, 3.05) is 20.3 Å². The van der Waals surface area contributed by atoms with E-state index in [-0.39, 0.29) is 84.7 Å². The minimum absolute atomic E-state index is 0.0116. The number of esters is 1. The van der Waals surface area contributed by atoms with Crippen molar-refractivity contribution in [2.24, 2.45) is 41.4 Å². The summed E-state index contributed by atoms with van der Waals surface area (Å²) >= 11 is 0. The standard InChI is InChI=1S/C35H54O8/c1-19-9-8-10-25(30(19)23(5)32(38)31-28(37)18-41-35(31)39)16-26(17-36)34-21(3)12-14-27(42-34)13-11-20(2)33-22(4)15-29(43-33)24(6)40-7/h11,13,16,19-25,27,29-30,33-34,36,38H,8-10,12,14-15,17-18H2,1-7H3/t19-,20+,21-,22+,23+,24+,25-,27-,29-,30+,33?,34-/m1/s1. The van der Waals surface area contributed by atoms with Gasteiger partial charge in [-0.15, -0.1) is 0 Å². The molecule has 8 nitrogen and oxygen atoms in total. The molecule has 0 spiro atoms. The third-order valence-electron chi connectivity index (χ3n) is 10.7. The molecule has 43 heavy (non-hydrogen) atoms. The Hall–Kier alpha value is -2.00. The molecule has 4 fully saturated rings. The highest BCUT2D eigenvalue weighted by atomic mass is 16.6. The number of Topliss-reactive ketones (excluding diaryl/α,β-unsaturated/α-hetero) is 1. The molecule has 0 radical (unpaired) electrons. The van der Waals surface area contributed by atoms with Crippen molar-refractivity contribution in [3.63, 3.8) is 0 Å². The van der Waals surface area contributed by atoms with E-state index in [9.17, 15) is 19.8 Å². The van der Waals surface area contributed by atoms with E-state index in [0.717, 1.165) is 44.1 Å². The molecule has 0 amide bonds. The molecule has 4 rings (SSSR count). The zero-order valence-corrected chi connectivity index (χ0v) is 27.2. The molecule has 3 heterocycles. The Kier molecular flexibility index (Phi) is 11.7. The van der Waals surface area contributed by atoms with Crippen molar-refractivity contribution in [3.05, 3.63) is 35.1 Å². The Morgan fingerprint density at radius 2 is 1.77 bits per heavy atom. The molecule has 0 aromatic heterocycles. The van der Waals surface area contributed by atoms with E-state index in [1.165, 1.54) is 0 Å². The molecular formula is C35H54O8. The molecule has 12 atom stereocenters. The third-order valence-corrected chi connectivity index (χ3v) is 10.7. The maximum absolute atomic E-state index is 12.3. The summed E-state index contributed by atoms with van der Waals surface area (Å²) in [6.07, 6.45) is 12.5. The lowest BCUT2D eigenvalue weighted by atomic mass is 9.66. The second-order valence-corrected chi connectivity index (χ2v) is 13.8. The average molecular weight is 603 g/mol. The van der Waals surface area contributed by atoms with E-state index in [1.54, 1.807) is 7.11 Å². The molecule has 1 saturated carbocycles. The van der Waals surface area contributed by atoms with Gasteiger partial charge >= 0.3 is 5.97 Å². The summed E-state index contributed by atoms with van der Waals surface area (Å²) < 4.78 is 23.4. The van der Waals surface area contributed by atoms with Gasteiger partial charge in [0.05, 0.1) is 37.1 Å². The van der Waals surface area contributed by atoms with Gasteiger partial charge in [0, 0.05) is 18.9 Å². The summed E-state index contributed by atoms with van der Waals surface area (Å²) in [4.78, 5) is 24.4. The lowest BCUT2D eigenvalue weighted by Crippen LogP contribution is -2.37. The Bertz CT molecular complexity index is 1060. The van der Waals surface area contributed by atoms with Crippen LogP contribution in [0.2, 0.25) is 0 Å². The number of ether oxygens (including phenoxy) is 4. The van der Waals surface area contributed by atoms with E-state index >= 15 is 0 Å². The fraction of sp³-hybridized carbons (Fsp3) is 0.771. The predicted molar refractivity (Wildman–Crippen MR) is 164 cm³/mol. The number of hydrogen-bond donors (Lipinski definition) is 2. The molecule has 0 bridgehead atoms. The van der Waals surface area contributed by atoms with Gasteiger partial charge in [-0.25, -0.2) is 4.79 Å². The number of rotatable bonds is 10. The first kappa shape index (κ1) is 33.9. The Morgan fingerprint density at radius 1 is 1.02 bits per heavy atom. The highest BCUT2D eigenvalue weighted by Gasteiger charge is 2.41. The highest BCUT2D eigenvalue weighted by Crippen LogP contribution is 2.44. The van der Waals surface area contributed by atoms with Gasteiger partial charge in [-0.3, -0.25) is 4.79 Å². The summed E-state index contributed by atoms with van der Waals surface area (Å²) in [6.45, 7) is 12.3. The van der Waals surface area contributed by atoms with Crippen LogP contribution in [-0.4, -0.2) is 72.8 Å². The minimum atomic E-state index is -0.739. The van der Waals surface area contributed by atoms with Gasteiger partial charge in [-0.05, 0) is 67.8 Å². The Labute approximate surface area is 257 Å². The quantitative estimate of drug-likeness (QED) is 0.107. The number of allylic oxidation sites excluding steroid dienone is 2. The molecule has 3 aliphatic heterocycles. The van der Waals surface area contributed by atoms with Gasteiger partial charge in [0.1, 0.15) is 11.3 Å². The molecule has 1 unspecified atom stereocenters. The molecule has 3 saturated heterocycles. The Balaban J connectivity index is 1.48. The minimum Gasteiger partial charge on any atom is -0.511 e. The van der Waals surface area contributed by atoms with Crippen molar-refractivity contribution < 1.29 is 38.7 Å². The average Bonchev–Trinajstić information content (AvgIpc) is 3.55. The lowest BCUT2D eigenvalue weighted by molar-refractivity contribution is -0.135. The SMILES string of the molecule is CO[C@@H](C)[C@H]1C[C@H](C)C([C@@H](C)C=C[C@@H]2CC[C@@H](C)[C@H](C(=C[C@H]3CCC[C@@H](C)[C@H]3[C@H](C)C(O)=C3C(=O)COC3=O)CO)O2)O1. The first-order valence-electron chi connectivity index (χ1n) is 16.4. The first-order chi connectivity index (χ1) is 20.5. The lowest BCUT2D eigenvalue weighted by Gasteiger charge is -2.41. The van der Waals surface area contributed by atoms with E-state index in [0.29, 0.717) is 5.92 Å².